The molecule has 0 saturated heterocycles. The average Bonchev–Trinajstić information content (AvgIpc) is 3.15. The molecule has 1 heterocycles. The van der Waals surface area contributed by atoms with Crippen molar-refractivity contribution >= 4 is 29.2 Å². The van der Waals surface area contributed by atoms with Gasteiger partial charge in [-0.15, -0.1) is 0 Å². The molecule has 1 unspecified atom stereocenters. The third-order valence-electron chi connectivity index (χ3n) is 6.57. The first-order valence-corrected chi connectivity index (χ1v) is 11.4. The quantitative estimate of drug-likeness (QED) is 0.544. The molecule has 2 aromatic rings. The zero-order valence-electron chi connectivity index (χ0n) is 19.7. The maximum atomic E-state index is 13.2. The van der Waals surface area contributed by atoms with Gasteiger partial charge in [-0.05, 0) is 44.0 Å². The van der Waals surface area contributed by atoms with Gasteiger partial charge in [0.1, 0.15) is 17.1 Å². The summed E-state index contributed by atoms with van der Waals surface area (Å²) in [7, 11) is 0. The molecule has 3 N–H and O–H groups in total. The van der Waals surface area contributed by atoms with Crippen LogP contribution < -0.4 is 9.47 Å². The molecular weight excluding hydrogens is 468 g/mol. The first kappa shape index (κ1) is 23.5. The van der Waals surface area contributed by atoms with E-state index in [1.54, 1.807) is 13.0 Å². The van der Waals surface area contributed by atoms with Gasteiger partial charge in [-0.25, -0.2) is 0 Å². The van der Waals surface area contributed by atoms with E-state index in [-0.39, 0.29) is 23.5 Å². The van der Waals surface area contributed by atoms with Crippen molar-refractivity contribution in [1.82, 2.24) is 0 Å². The van der Waals surface area contributed by atoms with Crippen molar-refractivity contribution in [3.63, 3.8) is 0 Å². The van der Waals surface area contributed by atoms with E-state index in [0.29, 0.717) is 23.1 Å². The number of Topliss-reactive ketones (excluding diaryl/α,β-unsaturated/α-hetero) is 3. The number of phenolic OH excluding ortho intramolecular Hbond substituents is 2. The van der Waals surface area contributed by atoms with Crippen LogP contribution in [-0.2, 0) is 0 Å². The monoisotopic (exact) mass is 490 g/mol. The Bertz CT molecular complexity index is 1480. The van der Waals surface area contributed by atoms with Crippen LogP contribution in [0.1, 0.15) is 92.3 Å². The Morgan fingerprint density at radius 1 is 1.03 bits per heavy atom. The fourth-order valence-electron chi connectivity index (χ4n) is 4.73. The lowest BCUT2D eigenvalue weighted by molar-refractivity contribution is 0.0210. The normalized spacial score (nSPS) is 19.2. The Morgan fingerprint density at radius 3 is 2.44 bits per heavy atom. The van der Waals surface area contributed by atoms with Crippen LogP contribution in [0.25, 0.3) is 6.08 Å². The zero-order chi connectivity index (χ0) is 26.0. The highest BCUT2D eigenvalue weighted by atomic mass is 16.7. The molecule has 3 aliphatic rings. The zero-order valence-corrected chi connectivity index (χ0v) is 19.7. The predicted molar refractivity (Wildman–Crippen MR) is 126 cm³/mol. The van der Waals surface area contributed by atoms with E-state index in [2.05, 4.69) is 0 Å². The fraction of sp³-hybridized carbons (Fsp3) is 0.259. The standard InChI is InChI=1S/C27H22O9/c1-4-15(28)14-8-12-5-10(2)6-16(29)13(12)9-18(14)35-27-25(34)21-23(32)19-17(30)7-11(3)22(31)20(19)24(33)26(21)36-27/h5,7-9,15,27-28,32-33H,4,6H2,1-3H3/t15-,27?/m0/s1. The second-order valence-corrected chi connectivity index (χ2v) is 9.10. The van der Waals surface area contributed by atoms with Crippen molar-refractivity contribution in [3.8, 4) is 23.0 Å². The van der Waals surface area contributed by atoms with E-state index in [0.717, 1.165) is 11.6 Å². The number of allylic oxidation sites excluding steroid dienone is 3. The molecule has 0 amide bonds. The highest BCUT2D eigenvalue weighted by molar-refractivity contribution is 6.28. The first-order valence-electron chi connectivity index (χ1n) is 11.4. The molecule has 184 valence electrons. The van der Waals surface area contributed by atoms with Crippen molar-refractivity contribution < 1.29 is 44.0 Å². The van der Waals surface area contributed by atoms with Gasteiger partial charge in [-0.1, -0.05) is 18.6 Å². The van der Waals surface area contributed by atoms with E-state index < -0.39 is 63.7 Å². The fourth-order valence-corrected chi connectivity index (χ4v) is 4.73. The van der Waals surface area contributed by atoms with E-state index in [4.69, 9.17) is 9.47 Å². The molecule has 0 spiro atoms. The molecule has 2 atom stereocenters. The van der Waals surface area contributed by atoms with Crippen molar-refractivity contribution in [2.24, 2.45) is 0 Å². The van der Waals surface area contributed by atoms with Crippen molar-refractivity contribution in [2.75, 3.05) is 0 Å². The molecule has 0 saturated carbocycles. The number of carbonyl (C=O) groups is 4. The van der Waals surface area contributed by atoms with Gasteiger partial charge in [0, 0.05) is 23.1 Å². The van der Waals surface area contributed by atoms with Gasteiger partial charge in [0.2, 0.25) is 0 Å². The number of aromatic hydroxyl groups is 2. The van der Waals surface area contributed by atoms with Crippen LogP contribution in [0.5, 0.6) is 23.0 Å². The second kappa shape index (κ2) is 8.17. The third-order valence-corrected chi connectivity index (χ3v) is 6.57. The summed E-state index contributed by atoms with van der Waals surface area (Å²) in [4.78, 5) is 50.9. The minimum Gasteiger partial charge on any atom is -0.506 e. The Hall–Kier alpha value is -4.24. The Balaban J connectivity index is 1.59. The van der Waals surface area contributed by atoms with Crippen molar-refractivity contribution in [1.29, 1.82) is 0 Å². The maximum Gasteiger partial charge on any atom is 0.305 e. The molecule has 5 rings (SSSR count). The lowest BCUT2D eigenvalue weighted by Crippen LogP contribution is -2.28. The molecular formula is C27H22O9. The summed E-state index contributed by atoms with van der Waals surface area (Å²) in [5.41, 5.74) is 0.784. The number of benzene rings is 2. The van der Waals surface area contributed by atoms with Crippen LogP contribution in [0.15, 0.2) is 29.4 Å². The molecule has 2 aromatic carbocycles. The summed E-state index contributed by atoms with van der Waals surface area (Å²) in [5.74, 6) is -4.48. The number of aliphatic hydroxyl groups excluding tert-OH is 1. The summed E-state index contributed by atoms with van der Waals surface area (Å²) in [6.45, 7) is 4.96. The summed E-state index contributed by atoms with van der Waals surface area (Å²) in [5, 5.41) is 32.1. The van der Waals surface area contributed by atoms with Crippen molar-refractivity contribution in [3.05, 3.63) is 62.7 Å². The molecule has 0 bridgehead atoms. The number of phenols is 2. The van der Waals surface area contributed by atoms with Gasteiger partial charge in [-0.2, -0.15) is 0 Å². The molecule has 9 heteroatoms. The lowest BCUT2D eigenvalue weighted by atomic mass is 9.86. The van der Waals surface area contributed by atoms with E-state index in [9.17, 15) is 34.5 Å². The van der Waals surface area contributed by atoms with Crippen LogP contribution in [-0.4, -0.2) is 44.7 Å². The van der Waals surface area contributed by atoms with Crippen LogP contribution in [0.3, 0.4) is 0 Å². The number of fused-ring (bicyclic) bond motifs is 3. The topological polar surface area (TPSA) is 147 Å². The number of hydrogen-bond acceptors (Lipinski definition) is 9. The number of hydrogen-bond donors (Lipinski definition) is 3. The van der Waals surface area contributed by atoms with E-state index >= 15 is 0 Å². The van der Waals surface area contributed by atoms with Gasteiger partial charge in [0.25, 0.3) is 5.78 Å². The first-order chi connectivity index (χ1) is 17.0. The summed E-state index contributed by atoms with van der Waals surface area (Å²) < 4.78 is 11.3. The SMILES string of the molecule is CC[C@H](O)c1cc2c(cc1OC1Oc3c(O)c4c(c(O)c3C1=O)C(=O)C=C(C)C4=O)C(=O)CC(C)=C2. The largest absolute Gasteiger partial charge is 0.506 e. The summed E-state index contributed by atoms with van der Waals surface area (Å²) in [6, 6.07) is 3.05. The minimum absolute atomic E-state index is 0.0176. The molecule has 1 aliphatic heterocycles. The number of ketones is 4. The summed E-state index contributed by atoms with van der Waals surface area (Å²) >= 11 is 0. The van der Waals surface area contributed by atoms with Gasteiger partial charge < -0.3 is 24.8 Å². The Labute approximate surface area is 205 Å². The van der Waals surface area contributed by atoms with Crippen LogP contribution in [0.2, 0.25) is 0 Å². The van der Waals surface area contributed by atoms with Gasteiger partial charge >= 0.3 is 6.29 Å². The smallest absolute Gasteiger partial charge is 0.305 e. The van der Waals surface area contributed by atoms with E-state index in [1.165, 1.54) is 13.0 Å². The van der Waals surface area contributed by atoms with Gasteiger partial charge in [-0.3, -0.25) is 19.2 Å². The number of aliphatic hydroxyl groups is 1. The van der Waals surface area contributed by atoms with Crippen LogP contribution >= 0.6 is 0 Å². The maximum absolute atomic E-state index is 13.2. The highest BCUT2D eigenvalue weighted by Crippen LogP contribution is 2.50. The average molecular weight is 490 g/mol. The molecule has 0 aromatic heterocycles. The van der Waals surface area contributed by atoms with Crippen LogP contribution in [0.4, 0.5) is 0 Å². The molecule has 2 aliphatic carbocycles. The third kappa shape index (κ3) is 3.35. The van der Waals surface area contributed by atoms with Crippen LogP contribution in [0, 0.1) is 0 Å². The number of ether oxygens (including phenoxy) is 2. The molecule has 0 radical (unpaired) electrons. The minimum atomic E-state index is -1.71. The number of carbonyl (C=O) groups excluding carboxylic acids is 4. The molecule has 9 nitrogen and oxygen atoms in total. The molecule has 36 heavy (non-hydrogen) atoms. The number of rotatable bonds is 4. The Kier molecular flexibility index (Phi) is 5.33. The summed E-state index contributed by atoms with van der Waals surface area (Å²) in [6.07, 6.45) is 0.698. The predicted octanol–water partition coefficient (Wildman–Crippen LogP) is 3.84. The second-order valence-electron chi connectivity index (χ2n) is 9.10. The Morgan fingerprint density at radius 2 is 1.75 bits per heavy atom. The highest BCUT2D eigenvalue weighted by Gasteiger charge is 2.45. The van der Waals surface area contributed by atoms with Crippen molar-refractivity contribution in [2.45, 2.75) is 46.0 Å². The van der Waals surface area contributed by atoms with Gasteiger partial charge in [0.15, 0.2) is 28.8 Å². The molecule has 0 fully saturated rings. The van der Waals surface area contributed by atoms with E-state index in [1.807, 2.05) is 13.0 Å². The lowest BCUT2D eigenvalue weighted by Gasteiger charge is -2.22. The van der Waals surface area contributed by atoms with Gasteiger partial charge in [0.05, 0.1) is 17.2 Å².